The van der Waals surface area contributed by atoms with E-state index >= 15 is 0 Å². The van der Waals surface area contributed by atoms with Gasteiger partial charge < -0.3 is 23.8 Å². The molecule has 2 atom stereocenters. The number of fused-ring (bicyclic) bond motifs is 1. The summed E-state index contributed by atoms with van der Waals surface area (Å²) in [6.45, 7) is 13.2. The molecule has 0 aliphatic carbocycles. The van der Waals surface area contributed by atoms with Gasteiger partial charge in [0.05, 0.1) is 12.5 Å². The van der Waals surface area contributed by atoms with Crippen LogP contribution in [0.3, 0.4) is 0 Å². The average Bonchev–Trinajstić information content (AvgIpc) is 3.26. The minimum absolute atomic E-state index is 0.188. The van der Waals surface area contributed by atoms with E-state index in [1.807, 2.05) is 94.4 Å². The van der Waals surface area contributed by atoms with Gasteiger partial charge in [-0.3, -0.25) is 4.90 Å². The van der Waals surface area contributed by atoms with Crippen molar-refractivity contribution in [2.45, 2.75) is 46.3 Å². The normalized spacial score (nSPS) is 15.3. The standard InChI is InChI=1S/C34H41N2O6S/c1-23-7-9-25(10-8-23)32-31(29-16-15-28(39-6)21-30(29)43(32)38)41-27-13-11-26(12-14-27)40-22-24(2)35-17-19-36(20-18-35)33(37)42-34(3,4)5/h7-16,21,24,38H,17-20,22H2,1-6H3/q+1. The van der Waals surface area contributed by atoms with Crippen molar-refractivity contribution in [2.24, 2.45) is 0 Å². The number of aryl methyl sites for hydroxylation is 1. The lowest BCUT2D eigenvalue weighted by Gasteiger charge is -2.38. The number of hydrogen-bond acceptors (Lipinski definition) is 7. The number of carbonyl (C=O) groups excluding carboxylic acids is 1. The second-order valence-electron chi connectivity index (χ2n) is 11.9. The Morgan fingerprint density at radius 1 is 0.930 bits per heavy atom. The molecule has 1 N–H and O–H groups in total. The molecule has 1 saturated heterocycles. The molecule has 43 heavy (non-hydrogen) atoms. The van der Waals surface area contributed by atoms with Gasteiger partial charge in [-0.05, 0) is 83.1 Å². The van der Waals surface area contributed by atoms with Gasteiger partial charge in [-0.25, -0.2) is 4.79 Å². The largest absolute Gasteiger partial charge is 0.497 e. The van der Waals surface area contributed by atoms with Crippen LogP contribution in [0.5, 0.6) is 23.0 Å². The lowest BCUT2D eigenvalue weighted by atomic mass is 10.1. The summed E-state index contributed by atoms with van der Waals surface area (Å²) < 4.78 is 35.7. The quantitative estimate of drug-likeness (QED) is 0.205. The predicted octanol–water partition coefficient (Wildman–Crippen LogP) is 7.82. The first-order valence-electron chi connectivity index (χ1n) is 14.6. The van der Waals surface area contributed by atoms with Crippen LogP contribution in [0.1, 0.15) is 33.3 Å². The van der Waals surface area contributed by atoms with Crippen LogP contribution in [0.15, 0.2) is 66.7 Å². The van der Waals surface area contributed by atoms with Gasteiger partial charge in [0.2, 0.25) is 10.4 Å². The van der Waals surface area contributed by atoms with Crippen LogP contribution in [-0.4, -0.2) is 72.0 Å². The summed E-state index contributed by atoms with van der Waals surface area (Å²) in [6, 6.07) is 21.6. The van der Waals surface area contributed by atoms with E-state index in [9.17, 15) is 9.35 Å². The van der Waals surface area contributed by atoms with Crippen molar-refractivity contribution in [1.29, 1.82) is 0 Å². The highest BCUT2D eigenvalue weighted by atomic mass is 32.2. The number of benzene rings is 3. The number of hydrogen-bond donors (Lipinski definition) is 1. The summed E-state index contributed by atoms with van der Waals surface area (Å²) in [5.74, 6) is 2.73. The number of piperazine rings is 1. The van der Waals surface area contributed by atoms with Gasteiger partial charge in [-0.1, -0.05) is 17.7 Å². The number of rotatable bonds is 8. The van der Waals surface area contributed by atoms with Gasteiger partial charge in [-0.15, -0.1) is 0 Å². The van der Waals surface area contributed by atoms with Crippen LogP contribution in [0.25, 0.3) is 20.5 Å². The molecule has 2 heterocycles. The fraction of sp³-hybridized carbons (Fsp3) is 0.382. The van der Waals surface area contributed by atoms with E-state index in [1.165, 1.54) is 0 Å². The summed E-state index contributed by atoms with van der Waals surface area (Å²) in [5, 5.41) is 0.850. The van der Waals surface area contributed by atoms with Crippen molar-refractivity contribution in [3.63, 3.8) is 0 Å². The fourth-order valence-corrected chi connectivity index (χ4v) is 6.57. The van der Waals surface area contributed by atoms with Gasteiger partial charge in [-0.2, -0.15) is 4.55 Å². The summed E-state index contributed by atoms with van der Waals surface area (Å²) in [5.41, 5.74) is 1.57. The molecule has 1 aliphatic heterocycles. The Balaban J connectivity index is 1.24. The van der Waals surface area contributed by atoms with Crippen LogP contribution in [0, 0.1) is 6.92 Å². The second kappa shape index (κ2) is 12.8. The van der Waals surface area contributed by atoms with E-state index in [4.69, 9.17) is 18.9 Å². The van der Waals surface area contributed by atoms with Gasteiger partial charge in [0.1, 0.15) is 29.5 Å². The summed E-state index contributed by atoms with van der Waals surface area (Å²) in [7, 11) is 0.453. The molecule has 1 aromatic heterocycles. The zero-order valence-electron chi connectivity index (χ0n) is 25.8. The van der Waals surface area contributed by atoms with Crippen LogP contribution < -0.4 is 14.2 Å². The molecule has 228 valence electrons. The molecule has 0 spiro atoms. The molecule has 0 bridgehead atoms. The zero-order valence-corrected chi connectivity index (χ0v) is 26.6. The molecule has 8 nitrogen and oxygen atoms in total. The monoisotopic (exact) mass is 605 g/mol. The Morgan fingerprint density at radius 3 is 2.19 bits per heavy atom. The molecule has 4 aromatic rings. The number of methoxy groups -OCH3 is 1. The molecule has 9 heteroatoms. The summed E-state index contributed by atoms with van der Waals surface area (Å²) in [6.07, 6.45) is -0.254. The molecule has 3 aromatic carbocycles. The second-order valence-corrected chi connectivity index (χ2v) is 13.3. The first kappa shape index (κ1) is 30.7. The van der Waals surface area contributed by atoms with Crippen molar-refractivity contribution in [1.82, 2.24) is 9.80 Å². The maximum absolute atomic E-state index is 12.4. The van der Waals surface area contributed by atoms with E-state index in [0.717, 1.165) is 44.9 Å². The van der Waals surface area contributed by atoms with E-state index in [-0.39, 0.29) is 12.1 Å². The third-order valence-electron chi connectivity index (χ3n) is 7.48. The van der Waals surface area contributed by atoms with Crippen LogP contribution in [-0.2, 0) is 4.74 Å². The topological polar surface area (TPSA) is 80.7 Å². The molecule has 5 rings (SSSR count). The molecular weight excluding hydrogens is 564 g/mol. The van der Waals surface area contributed by atoms with Crippen molar-refractivity contribution >= 4 is 26.9 Å². The van der Waals surface area contributed by atoms with Crippen LogP contribution in [0.4, 0.5) is 4.79 Å². The van der Waals surface area contributed by atoms with Crippen LogP contribution in [0.2, 0.25) is 0 Å². The maximum Gasteiger partial charge on any atom is 0.410 e. The predicted molar refractivity (Wildman–Crippen MR) is 171 cm³/mol. The minimum Gasteiger partial charge on any atom is -0.497 e. The Morgan fingerprint density at radius 2 is 1.56 bits per heavy atom. The van der Waals surface area contributed by atoms with Crippen molar-refractivity contribution in [2.75, 3.05) is 39.9 Å². The lowest BCUT2D eigenvalue weighted by molar-refractivity contribution is 0.00882. The lowest BCUT2D eigenvalue weighted by Crippen LogP contribution is -2.53. The average molecular weight is 606 g/mol. The molecule has 1 amide bonds. The Kier molecular flexibility index (Phi) is 9.15. The van der Waals surface area contributed by atoms with E-state index in [2.05, 4.69) is 11.8 Å². The highest BCUT2D eigenvalue weighted by Crippen LogP contribution is 2.52. The van der Waals surface area contributed by atoms with Gasteiger partial charge in [0.15, 0.2) is 10.8 Å². The van der Waals surface area contributed by atoms with Crippen LogP contribution >= 0.6 is 10.8 Å². The Hall–Kier alpha value is -3.79. The van der Waals surface area contributed by atoms with Crippen molar-refractivity contribution < 1.29 is 28.3 Å². The van der Waals surface area contributed by atoms with E-state index < -0.39 is 16.4 Å². The van der Waals surface area contributed by atoms with Gasteiger partial charge >= 0.3 is 6.09 Å². The number of carbonyl (C=O) groups is 1. The zero-order chi connectivity index (χ0) is 30.7. The fourth-order valence-electron chi connectivity index (χ4n) is 5.06. The maximum atomic E-state index is 12.4. The van der Waals surface area contributed by atoms with Gasteiger partial charge in [0.25, 0.3) is 4.88 Å². The highest BCUT2D eigenvalue weighted by molar-refractivity contribution is 7.35. The van der Waals surface area contributed by atoms with E-state index in [0.29, 0.717) is 36.9 Å². The first-order valence-corrected chi connectivity index (χ1v) is 15.8. The smallest absolute Gasteiger partial charge is 0.410 e. The van der Waals surface area contributed by atoms with Gasteiger partial charge in [0, 0.05) is 43.9 Å². The minimum atomic E-state index is -1.17. The number of nitrogens with zero attached hydrogens (tertiary/aromatic N) is 2. The van der Waals surface area contributed by atoms with Crippen molar-refractivity contribution in [3.05, 3.63) is 72.3 Å². The molecule has 2 unspecified atom stereocenters. The number of ether oxygens (including phenoxy) is 4. The Bertz CT molecular complexity index is 1550. The molecule has 1 aliphatic rings. The Labute approximate surface area is 256 Å². The molecule has 0 saturated carbocycles. The first-order chi connectivity index (χ1) is 20.5. The number of amides is 1. The molecule has 0 radical (unpaired) electrons. The highest BCUT2D eigenvalue weighted by Gasteiger charge is 2.31. The summed E-state index contributed by atoms with van der Waals surface area (Å²) in [4.78, 5) is 17.2. The summed E-state index contributed by atoms with van der Waals surface area (Å²) >= 11 is 0. The SMILES string of the molecule is COc1ccc2c(Oc3ccc(OCC(C)N4CCN(C(=O)OC(C)(C)C)CC4)cc3)c(-c3ccc(C)cc3)[s+](O)c2c1. The van der Waals surface area contributed by atoms with Crippen molar-refractivity contribution in [3.8, 4) is 33.4 Å². The third-order valence-corrected chi connectivity index (χ3v) is 9.04. The third kappa shape index (κ3) is 7.24. The molecule has 1 fully saturated rings. The van der Waals surface area contributed by atoms with E-state index in [1.54, 1.807) is 12.0 Å². The number of thiophene rings is 1. The molecular formula is C34H41N2O6S+.